The van der Waals surface area contributed by atoms with Gasteiger partial charge in [0.1, 0.15) is 5.75 Å². The number of hydrogen-bond acceptors (Lipinski definition) is 3. The summed E-state index contributed by atoms with van der Waals surface area (Å²) >= 11 is 0. The van der Waals surface area contributed by atoms with Crippen molar-refractivity contribution in [1.29, 1.82) is 0 Å². The van der Waals surface area contributed by atoms with Gasteiger partial charge in [0.15, 0.2) is 6.10 Å². The molecule has 1 aromatic rings. The summed E-state index contributed by atoms with van der Waals surface area (Å²) < 4.78 is 11.5. The standard InChI is InChI=1S/C18H25NO3/c1-13(18(20)19-12-15-8-5-11-21-15)22-17-10-4-7-14-6-2-3-9-16(14)17/h4,7,10,13,15H,2-3,5-6,8-9,11-12H2,1H3,(H,19,20). The van der Waals surface area contributed by atoms with Crippen LogP contribution in [0.3, 0.4) is 0 Å². The SMILES string of the molecule is CC(Oc1cccc2c1CCCC2)C(=O)NCC1CCCO1. The summed E-state index contributed by atoms with van der Waals surface area (Å²) in [5, 5.41) is 2.94. The summed E-state index contributed by atoms with van der Waals surface area (Å²) in [6.07, 6.45) is 6.42. The molecule has 1 saturated heterocycles. The zero-order chi connectivity index (χ0) is 15.4. The van der Waals surface area contributed by atoms with E-state index in [1.54, 1.807) is 0 Å². The number of aryl methyl sites for hydroxylation is 1. The van der Waals surface area contributed by atoms with Crippen molar-refractivity contribution in [2.24, 2.45) is 0 Å². The van der Waals surface area contributed by atoms with E-state index in [2.05, 4.69) is 11.4 Å². The Morgan fingerprint density at radius 3 is 3.05 bits per heavy atom. The van der Waals surface area contributed by atoms with E-state index in [1.807, 2.05) is 19.1 Å². The molecule has 0 saturated carbocycles. The Hall–Kier alpha value is -1.55. The third-order valence-electron chi connectivity index (χ3n) is 4.55. The van der Waals surface area contributed by atoms with Gasteiger partial charge in [-0.2, -0.15) is 0 Å². The van der Waals surface area contributed by atoms with Gasteiger partial charge in [-0.25, -0.2) is 0 Å². The van der Waals surface area contributed by atoms with E-state index in [-0.39, 0.29) is 12.0 Å². The normalized spacial score (nSPS) is 22.0. The number of rotatable bonds is 5. The Morgan fingerprint density at radius 2 is 2.23 bits per heavy atom. The molecule has 0 aromatic heterocycles. The van der Waals surface area contributed by atoms with Crippen LogP contribution in [0.1, 0.15) is 43.7 Å². The van der Waals surface area contributed by atoms with Gasteiger partial charge >= 0.3 is 0 Å². The van der Waals surface area contributed by atoms with Gasteiger partial charge in [0, 0.05) is 13.2 Å². The number of benzene rings is 1. The molecular weight excluding hydrogens is 278 g/mol. The van der Waals surface area contributed by atoms with Crippen molar-refractivity contribution < 1.29 is 14.3 Å². The lowest BCUT2D eigenvalue weighted by atomic mass is 9.91. The monoisotopic (exact) mass is 303 g/mol. The molecule has 120 valence electrons. The number of carbonyl (C=O) groups is 1. The van der Waals surface area contributed by atoms with E-state index < -0.39 is 6.10 Å². The zero-order valence-electron chi connectivity index (χ0n) is 13.3. The fourth-order valence-electron chi connectivity index (χ4n) is 3.26. The van der Waals surface area contributed by atoms with Crippen molar-refractivity contribution in [3.05, 3.63) is 29.3 Å². The number of ether oxygens (including phenoxy) is 2. The molecule has 1 fully saturated rings. The van der Waals surface area contributed by atoms with Crippen LogP contribution in [-0.2, 0) is 22.4 Å². The second-order valence-electron chi connectivity index (χ2n) is 6.24. The van der Waals surface area contributed by atoms with E-state index in [9.17, 15) is 4.79 Å². The maximum Gasteiger partial charge on any atom is 0.260 e. The van der Waals surface area contributed by atoms with Gasteiger partial charge in [-0.1, -0.05) is 12.1 Å². The maximum absolute atomic E-state index is 12.2. The second kappa shape index (κ2) is 7.14. The Morgan fingerprint density at radius 1 is 1.36 bits per heavy atom. The molecule has 2 unspecified atom stereocenters. The van der Waals surface area contributed by atoms with E-state index in [1.165, 1.54) is 24.0 Å². The lowest BCUT2D eigenvalue weighted by Crippen LogP contribution is -2.40. The first-order chi connectivity index (χ1) is 10.7. The van der Waals surface area contributed by atoms with Crippen LogP contribution in [0.15, 0.2) is 18.2 Å². The van der Waals surface area contributed by atoms with Crippen LogP contribution in [0.4, 0.5) is 0 Å². The van der Waals surface area contributed by atoms with Gasteiger partial charge in [0.2, 0.25) is 0 Å². The lowest BCUT2D eigenvalue weighted by molar-refractivity contribution is -0.127. The van der Waals surface area contributed by atoms with E-state index in [0.717, 1.165) is 38.0 Å². The van der Waals surface area contributed by atoms with Crippen molar-refractivity contribution in [3.63, 3.8) is 0 Å². The Kier molecular flexibility index (Phi) is 4.98. The molecule has 2 aliphatic rings. The van der Waals surface area contributed by atoms with Gasteiger partial charge in [0.25, 0.3) is 5.91 Å². The molecule has 4 heteroatoms. The van der Waals surface area contributed by atoms with Crippen molar-refractivity contribution in [1.82, 2.24) is 5.32 Å². The lowest BCUT2D eigenvalue weighted by Gasteiger charge is -2.22. The highest BCUT2D eigenvalue weighted by atomic mass is 16.5. The first-order valence-corrected chi connectivity index (χ1v) is 8.41. The van der Waals surface area contributed by atoms with Crippen LogP contribution < -0.4 is 10.1 Å². The van der Waals surface area contributed by atoms with E-state index >= 15 is 0 Å². The zero-order valence-corrected chi connectivity index (χ0v) is 13.3. The van der Waals surface area contributed by atoms with Crippen molar-refractivity contribution >= 4 is 5.91 Å². The predicted molar refractivity (Wildman–Crippen MR) is 85.2 cm³/mol. The minimum absolute atomic E-state index is 0.0658. The average Bonchev–Trinajstić information content (AvgIpc) is 3.06. The Labute approximate surface area is 132 Å². The van der Waals surface area contributed by atoms with Gasteiger partial charge in [-0.05, 0) is 62.6 Å². The molecule has 4 nitrogen and oxygen atoms in total. The smallest absolute Gasteiger partial charge is 0.260 e. The van der Waals surface area contributed by atoms with Gasteiger partial charge < -0.3 is 14.8 Å². The third kappa shape index (κ3) is 3.61. The molecule has 0 radical (unpaired) electrons. The molecule has 0 bridgehead atoms. The topological polar surface area (TPSA) is 47.6 Å². The number of carbonyl (C=O) groups excluding carboxylic acids is 1. The second-order valence-corrected chi connectivity index (χ2v) is 6.24. The van der Waals surface area contributed by atoms with Crippen LogP contribution in [0, 0.1) is 0 Å². The number of hydrogen-bond donors (Lipinski definition) is 1. The highest BCUT2D eigenvalue weighted by Gasteiger charge is 2.21. The van der Waals surface area contributed by atoms with Crippen LogP contribution in [-0.4, -0.2) is 31.3 Å². The number of nitrogens with one attached hydrogen (secondary N) is 1. The molecule has 3 rings (SSSR count). The quantitative estimate of drug-likeness (QED) is 0.909. The molecular formula is C18H25NO3. The summed E-state index contributed by atoms with van der Waals surface area (Å²) in [6.45, 7) is 3.20. The molecule has 2 atom stereocenters. The van der Waals surface area contributed by atoms with Gasteiger partial charge in [-0.15, -0.1) is 0 Å². The molecule has 22 heavy (non-hydrogen) atoms. The minimum Gasteiger partial charge on any atom is -0.481 e. The fourth-order valence-corrected chi connectivity index (χ4v) is 3.26. The minimum atomic E-state index is -0.477. The Balaban J connectivity index is 1.56. The predicted octanol–water partition coefficient (Wildman–Crippen LogP) is 2.63. The number of fused-ring (bicyclic) bond motifs is 1. The van der Waals surface area contributed by atoms with E-state index in [4.69, 9.17) is 9.47 Å². The highest BCUT2D eigenvalue weighted by Crippen LogP contribution is 2.30. The number of amides is 1. The van der Waals surface area contributed by atoms with Crippen molar-refractivity contribution in [3.8, 4) is 5.75 Å². The first-order valence-electron chi connectivity index (χ1n) is 8.41. The van der Waals surface area contributed by atoms with E-state index in [0.29, 0.717) is 6.54 Å². The maximum atomic E-state index is 12.2. The molecule has 1 heterocycles. The van der Waals surface area contributed by atoms with Crippen molar-refractivity contribution in [2.75, 3.05) is 13.2 Å². The third-order valence-corrected chi connectivity index (χ3v) is 4.55. The highest BCUT2D eigenvalue weighted by molar-refractivity contribution is 5.80. The first kappa shape index (κ1) is 15.3. The fraction of sp³-hybridized carbons (Fsp3) is 0.611. The van der Waals surface area contributed by atoms with Gasteiger partial charge in [0.05, 0.1) is 6.10 Å². The van der Waals surface area contributed by atoms with Gasteiger partial charge in [-0.3, -0.25) is 4.79 Å². The molecule has 1 aliphatic heterocycles. The molecule has 1 aliphatic carbocycles. The van der Waals surface area contributed by atoms with Crippen molar-refractivity contribution in [2.45, 2.75) is 57.7 Å². The molecule has 1 aromatic carbocycles. The summed E-state index contributed by atoms with van der Waals surface area (Å²) in [5.41, 5.74) is 2.66. The summed E-state index contributed by atoms with van der Waals surface area (Å²) in [7, 11) is 0. The van der Waals surface area contributed by atoms with Crippen LogP contribution >= 0.6 is 0 Å². The molecule has 0 spiro atoms. The molecule has 1 N–H and O–H groups in total. The largest absolute Gasteiger partial charge is 0.481 e. The van der Waals surface area contributed by atoms with Crippen LogP contribution in [0.25, 0.3) is 0 Å². The average molecular weight is 303 g/mol. The Bertz CT molecular complexity index is 523. The van der Waals surface area contributed by atoms with Crippen LogP contribution in [0.2, 0.25) is 0 Å². The summed E-state index contributed by atoms with van der Waals surface area (Å²) in [6, 6.07) is 6.17. The summed E-state index contributed by atoms with van der Waals surface area (Å²) in [4.78, 5) is 12.2. The molecule has 1 amide bonds. The summed E-state index contributed by atoms with van der Waals surface area (Å²) in [5.74, 6) is 0.806. The van der Waals surface area contributed by atoms with Crippen LogP contribution in [0.5, 0.6) is 5.75 Å².